The molecule has 0 radical (unpaired) electrons. The average molecular weight is 457 g/mol. The Balaban J connectivity index is 0.00000141. The highest BCUT2D eigenvalue weighted by molar-refractivity contribution is 5.79. The van der Waals surface area contributed by atoms with Crippen LogP contribution in [0.25, 0.3) is 0 Å². The van der Waals surface area contributed by atoms with Crippen molar-refractivity contribution in [1.82, 2.24) is 10.2 Å². The summed E-state index contributed by atoms with van der Waals surface area (Å²) >= 11 is 0. The van der Waals surface area contributed by atoms with E-state index in [4.69, 9.17) is 4.84 Å². The normalized spacial score (nSPS) is 23.9. The average Bonchev–Trinajstić information content (AvgIpc) is 3.27. The van der Waals surface area contributed by atoms with Gasteiger partial charge in [-0.05, 0) is 38.2 Å². The van der Waals surface area contributed by atoms with E-state index in [2.05, 4.69) is 5.32 Å². The van der Waals surface area contributed by atoms with Crippen LogP contribution in [0.3, 0.4) is 0 Å². The Morgan fingerprint density at radius 2 is 1.84 bits per heavy atom. The largest absolute Gasteiger partial charge is 0.422 e. The molecule has 2 heterocycles. The second-order valence-corrected chi connectivity index (χ2v) is 8.93. The minimum atomic E-state index is -4.45. The van der Waals surface area contributed by atoms with Crippen molar-refractivity contribution in [2.24, 2.45) is 5.92 Å². The van der Waals surface area contributed by atoms with E-state index < -0.39 is 11.7 Å². The van der Waals surface area contributed by atoms with Gasteiger partial charge < -0.3 is 10.2 Å². The van der Waals surface area contributed by atoms with Crippen LogP contribution >= 0.6 is 0 Å². The van der Waals surface area contributed by atoms with Gasteiger partial charge in [0.15, 0.2) is 0 Å². The summed E-state index contributed by atoms with van der Waals surface area (Å²) in [6.07, 6.45) is 6.02. The number of aromatic nitrogens is 1. The van der Waals surface area contributed by atoms with Gasteiger partial charge in [0.2, 0.25) is 17.8 Å². The zero-order valence-electron chi connectivity index (χ0n) is 19.5. The molecule has 0 bridgehead atoms. The summed E-state index contributed by atoms with van der Waals surface area (Å²) in [5.41, 5.74) is 0.467. The van der Waals surface area contributed by atoms with Crippen LogP contribution in [0.1, 0.15) is 82.0 Å². The quantitative estimate of drug-likeness (QED) is 0.696. The Morgan fingerprint density at radius 3 is 2.50 bits per heavy atom. The third kappa shape index (κ3) is 5.74. The van der Waals surface area contributed by atoms with Crippen molar-refractivity contribution in [3.63, 3.8) is 0 Å². The fraction of sp³-hybridized carbons (Fsp3) is 0.750. The summed E-state index contributed by atoms with van der Waals surface area (Å²) < 4.78 is 41.0. The highest BCUT2D eigenvalue weighted by Crippen LogP contribution is 2.33. The van der Waals surface area contributed by atoms with Gasteiger partial charge in [-0.15, -0.1) is 0 Å². The van der Waals surface area contributed by atoms with Gasteiger partial charge >= 0.3 is 6.18 Å². The maximum absolute atomic E-state index is 13.3. The molecule has 2 saturated carbocycles. The van der Waals surface area contributed by atoms with Crippen molar-refractivity contribution >= 4 is 5.91 Å². The number of fused-ring (bicyclic) bond motifs is 1. The first-order valence-electron chi connectivity index (χ1n) is 12.1. The summed E-state index contributed by atoms with van der Waals surface area (Å²) in [4.78, 5) is 20.0. The third-order valence-corrected chi connectivity index (χ3v) is 6.90. The van der Waals surface area contributed by atoms with E-state index in [0.717, 1.165) is 31.5 Å². The van der Waals surface area contributed by atoms with Gasteiger partial charge in [-0.3, -0.25) is 9.63 Å². The number of nitrogens with zero attached hydrogens (tertiary/aromatic N) is 2. The van der Waals surface area contributed by atoms with E-state index in [9.17, 15) is 18.0 Å². The molecule has 8 heteroatoms. The molecule has 2 aliphatic carbocycles. The van der Waals surface area contributed by atoms with Crippen LogP contribution in [0.15, 0.2) is 12.3 Å². The second-order valence-electron chi connectivity index (χ2n) is 8.93. The number of rotatable bonds is 4. The molecule has 2 fully saturated rings. The lowest BCUT2D eigenvalue weighted by Crippen LogP contribution is -2.50. The number of halogens is 3. The van der Waals surface area contributed by atoms with Crippen LogP contribution in [-0.2, 0) is 23.9 Å². The zero-order valence-corrected chi connectivity index (χ0v) is 19.5. The van der Waals surface area contributed by atoms with Gasteiger partial charge in [-0.1, -0.05) is 33.1 Å². The number of carbonyl (C=O) groups excluding carboxylic acids is 1. The summed E-state index contributed by atoms with van der Waals surface area (Å²) in [5.74, 6) is 0.0444. The van der Waals surface area contributed by atoms with E-state index >= 15 is 0 Å². The first-order valence-corrected chi connectivity index (χ1v) is 12.1. The molecule has 0 saturated heterocycles. The molecule has 0 spiro atoms. The van der Waals surface area contributed by atoms with Crippen molar-refractivity contribution in [3.05, 3.63) is 29.1 Å². The summed E-state index contributed by atoms with van der Waals surface area (Å²) in [6.45, 7) is 4.72. The van der Waals surface area contributed by atoms with Crippen LogP contribution in [0.2, 0.25) is 0 Å². The standard InChI is InChI=1S/C22H31F3N3O2.C2H6/c1-30-28-14-17(22(23,24)25)11-16-13-27(10-9-20(16)28)21(29)15-7-8-19(12-15)26-18-5-3-2-4-6-18;1-2/h11,14-15,18-19,26H,2-10,12-13H2,1H3;1-2H3/q+1;/t15-,19+;/m0./s1. The lowest BCUT2D eigenvalue weighted by molar-refractivity contribution is -0.891. The van der Waals surface area contributed by atoms with E-state index in [0.29, 0.717) is 36.3 Å². The highest BCUT2D eigenvalue weighted by Gasteiger charge is 2.40. The molecule has 1 aromatic rings. The molecule has 1 aliphatic heterocycles. The smallest absolute Gasteiger partial charge is 0.337 e. The van der Waals surface area contributed by atoms with Crippen LogP contribution in [-0.4, -0.2) is 36.5 Å². The number of alkyl halides is 3. The van der Waals surface area contributed by atoms with Gasteiger partial charge in [-0.25, -0.2) is 0 Å². The van der Waals surface area contributed by atoms with Gasteiger partial charge in [-0.2, -0.15) is 13.2 Å². The number of hydrogen-bond acceptors (Lipinski definition) is 3. The molecule has 1 aromatic heterocycles. The monoisotopic (exact) mass is 456 g/mol. The van der Waals surface area contributed by atoms with E-state index in [-0.39, 0.29) is 18.4 Å². The number of pyridine rings is 1. The molecule has 180 valence electrons. The first kappa shape index (κ1) is 24.8. The molecule has 3 aliphatic rings. The maximum Gasteiger partial charge on any atom is 0.422 e. The molecule has 5 nitrogen and oxygen atoms in total. The maximum atomic E-state index is 13.3. The van der Waals surface area contributed by atoms with Crippen molar-refractivity contribution in [3.8, 4) is 0 Å². The molecule has 2 atom stereocenters. The highest BCUT2D eigenvalue weighted by atomic mass is 19.4. The minimum absolute atomic E-state index is 0.0343. The van der Waals surface area contributed by atoms with Gasteiger partial charge in [0.1, 0.15) is 12.7 Å². The van der Waals surface area contributed by atoms with Crippen LogP contribution in [0.5, 0.6) is 0 Å². The molecule has 32 heavy (non-hydrogen) atoms. The molecule has 0 unspecified atom stereocenters. The number of hydrogen-bond donors (Lipinski definition) is 1. The van der Waals surface area contributed by atoms with Crippen LogP contribution in [0.4, 0.5) is 13.2 Å². The van der Waals surface area contributed by atoms with Gasteiger partial charge in [0, 0.05) is 34.8 Å². The molecular formula is C24H37F3N3O2+. The lowest BCUT2D eigenvalue weighted by atomic mass is 9.94. The summed E-state index contributed by atoms with van der Waals surface area (Å²) in [6, 6.07) is 2.11. The zero-order chi connectivity index (χ0) is 23.3. The molecular weight excluding hydrogens is 419 g/mol. The Morgan fingerprint density at radius 1 is 1.12 bits per heavy atom. The van der Waals surface area contributed by atoms with E-state index in [1.54, 1.807) is 4.90 Å². The molecule has 1 amide bonds. The fourth-order valence-corrected chi connectivity index (χ4v) is 5.31. The van der Waals surface area contributed by atoms with E-state index in [1.165, 1.54) is 43.9 Å². The fourth-order valence-electron chi connectivity index (χ4n) is 5.31. The van der Waals surface area contributed by atoms with Crippen molar-refractivity contribution in [2.45, 2.75) is 96.4 Å². The van der Waals surface area contributed by atoms with E-state index in [1.807, 2.05) is 13.8 Å². The second kappa shape index (κ2) is 10.9. The van der Waals surface area contributed by atoms with Crippen molar-refractivity contribution in [1.29, 1.82) is 0 Å². The predicted molar refractivity (Wildman–Crippen MR) is 116 cm³/mol. The molecule has 4 rings (SSSR count). The topological polar surface area (TPSA) is 45.5 Å². The summed E-state index contributed by atoms with van der Waals surface area (Å²) in [7, 11) is 1.36. The van der Waals surface area contributed by atoms with Crippen LogP contribution in [0, 0.1) is 5.92 Å². The van der Waals surface area contributed by atoms with Gasteiger partial charge in [0.25, 0.3) is 0 Å². The predicted octanol–water partition coefficient (Wildman–Crippen LogP) is 4.05. The first-order chi connectivity index (χ1) is 15.3. The Bertz CT molecular complexity index is 778. The Hall–Kier alpha value is -1.83. The molecule has 1 N–H and O–H groups in total. The summed E-state index contributed by atoms with van der Waals surface area (Å²) in [5, 5.41) is 3.74. The van der Waals surface area contributed by atoms with Crippen LogP contribution < -0.4 is 14.9 Å². The number of amides is 1. The number of carbonyl (C=O) groups is 1. The SMILES string of the molecule is CC.CO[n+]1cc(C(F)(F)F)cc2c1CCN(C(=O)[C@H]1CC[C@@H](NC3CCCCC3)C1)C2. The Labute approximate surface area is 189 Å². The lowest BCUT2D eigenvalue weighted by Gasteiger charge is -2.30. The van der Waals surface area contributed by atoms with Crippen molar-refractivity contribution in [2.75, 3.05) is 13.7 Å². The van der Waals surface area contributed by atoms with Crippen molar-refractivity contribution < 1.29 is 27.5 Å². The molecule has 0 aromatic carbocycles. The number of nitrogens with one attached hydrogen (secondary N) is 1. The Kier molecular flexibility index (Phi) is 8.42. The van der Waals surface area contributed by atoms with Gasteiger partial charge in [0.05, 0.1) is 13.0 Å². The third-order valence-electron chi connectivity index (χ3n) is 6.90. The minimum Gasteiger partial charge on any atom is -0.337 e.